The molecule has 1 aliphatic carbocycles. The van der Waals surface area contributed by atoms with E-state index in [1.807, 2.05) is 30.3 Å². The third-order valence-corrected chi connectivity index (χ3v) is 7.85. The molecule has 9 nitrogen and oxygen atoms in total. The van der Waals surface area contributed by atoms with Crippen LogP contribution in [-0.2, 0) is 32.0 Å². The zero-order valence-corrected chi connectivity index (χ0v) is 24.8. The Kier molecular flexibility index (Phi) is 10.2. The molecule has 11 heteroatoms. The molecule has 0 bridgehead atoms. The Hall–Kier alpha value is -4.09. The summed E-state index contributed by atoms with van der Waals surface area (Å²) in [7, 11) is 0. The summed E-state index contributed by atoms with van der Waals surface area (Å²) in [5, 5.41) is 6.71. The smallest absolute Gasteiger partial charge is 0.341 e. The lowest BCUT2D eigenvalue weighted by atomic mass is 9.88. The van der Waals surface area contributed by atoms with E-state index < -0.39 is 23.8 Å². The summed E-state index contributed by atoms with van der Waals surface area (Å²) in [6.07, 6.45) is 6.61. The fraction of sp³-hybridized carbons (Fsp3) is 0.233. The number of hydrazone groups is 1. The predicted molar refractivity (Wildman–Crippen MR) is 161 cm³/mol. The monoisotopic (exact) mass is 637 g/mol. The number of esters is 2. The van der Waals surface area contributed by atoms with E-state index in [0.717, 1.165) is 28.8 Å². The minimum absolute atomic E-state index is 0.193. The standard InChI is InChI=1S/C30H28BrN3O6S/c1-3-39-30(38)26-22-12-9-18(2)15-24(22)41-29(26)33-27(36)28(37)34-32-17-20-16-21(31)11-13-23(20)40-25(35)14-10-19-7-5-4-6-8-19/h4-8,10-11,13-14,16-18H,3,9,12,15H2,1-2H3,(H,33,36)(H,34,37)/b14-10+,32-17-/t18-/m1/s1. The molecule has 1 aromatic heterocycles. The Labute approximate surface area is 249 Å². The van der Waals surface area contributed by atoms with Gasteiger partial charge in [0.1, 0.15) is 10.8 Å². The number of hydrogen-bond donors (Lipinski definition) is 2. The number of fused-ring (bicyclic) bond motifs is 1. The van der Waals surface area contributed by atoms with Crippen LogP contribution in [0.5, 0.6) is 5.75 Å². The van der Waals surface area contributed by atoms with Crippen LogP contribution in [0.3, 0.4) is 0 Å². The summed E-state index contributed by atoms with van der Waals surface area (Å²) in [6.45, 7) is 4.04. The van der Waals surface area contributed by atoms with E-state index in [9.17, 15) is 19.2 Å². The molecule has 0 spiro atoms. The molecular weight excluding hydrogens is 610 g/mol. The van der Waals surface area contributed by atoms with Crippen molar-refractivity contribution < 1.29 is 28.7 Å². The van der Waals surface area contributed by atoms with Crippen LogP contribution in [-0.4, -0.2) is 36.6 Å². The number of benzene rings is 2. The van der Waals surface area contributed by atoms with Crippen LogP contribution in [0.1, 0.15) is 52.2 Å². The highest BCUT2D eigenvalue weighted by atomic mass is 79.9. The number of anilines is 1. The maximum Gasteiger partial charge on any atom is 0.341 e. The second-order valence-electron chi connectivity index (χ2n) is 9.28. The Morgan fingerprint density at radius 3 is 2.66 bits per heavy atom. The van der Waals surface area contributed by atoms with Gasteiger partial charge in [-0.25, -0.2) is 15.0 Å². The molecule has 41 heavy (non-hydrogen) atoms. The number of nitrogens with zero attached hydrogens (tertiary/aromatic N) is 1. The molecule has 4 rings (SSSR count). The topological polar surface area (TPSA) is 123 Å². The molecule has 2 N–H and O–H groups in total. The summed E-state index contributed by atoms with van der Waals surface area (Å²) in [4.78, 5) is 51.3. The first-order valence-electron chi connectivity index (χ1n) is 13.0. The second-order valence-corrected chi connectivity index (χ2v) is 11.3. The van der Waals surface area contributed by atoms with Crippen molar-refractivity contribution in [2.24, 2.45) is 11.0 Å². The number of rotatable bonds is 8. The Morgan fingerprint density at radius 1 is 1.12 bits per heavy atom. The van der Waals surface area contributed by atoms with Crippen molar-refractivity contribution >= 4 is 68.3 Å². The number of ether oxygens (including phenoxy) is 2. The van der Waals surface area contributed by atoms with Crippen molar-refractivity contribution in [2.75, 3.05) is 11.9 Å². The molecule has 3 aromatic rings. The van der Waals surface area contributed by atoms with E-state index in [2.05, 4.69) is 38.7 Å². The number of hydrogen-bond acceptors (Lipinski definition) is 8. The average molecular weight is 639 g/mol. The van der Waals surface area contributed by atoms with E-state index in [0.29, 0.717) is 27.9 Å². The quantitative estimate of drug-likeness (QED) is 0.0837. The molecule has 2 amide bonds. The lowest BCUT2D eigenvalue weighted by Gasteiger charge is -2.18. The molecule has 2 aromatic carbocycles. The van der Waals surface area contributed by atoms with Crippen LogP contribution in [0.2, 0.25) is 0 Å². The van der Waals surface area contributed by atoms with Gasteiger partial charge < -0.3 is 14.8 Å². The van der Waals surface area contributed by atoms with E-state index in [1.165, 1.54) is 23.6 Å². The van der Waals surface area contributed by atoms with Gasteiger partial charge in [0.25, 0.3) is 0 Å². The van der Waals surface area contributed by atoms with Gasteiger partial charge in [0, 0.05) is 21.0 Å². The molecule has 0 aliphatic heterocycles. The van der Waals surface area contributed by atoms with Crippen LogP contribution >= 0.6 is 27.3 Å². The molecule has 1 aliphatic rings. The van der Waals surface area contributed by atoms with Crippen molar-refractivity contribution in [1.29, 1.82) is 0 Å². The zero-order valence-electron chi connectivity index (χ0n) is 22.4. The van der Waals surface area contributed by atoms with Gasteiger partial charge in [-0.2, -0.15) is 5.10 Å². The lowest BCUT2D eigenvalue weighted by molar-refractivity contribution is -0.136. The molecule has 1 atom stereocenters. The molecule has 0 unspecified atom stereocenters. The van der Waals surface area contributed by atoms with Crippen molar-refractivity contribution in [3.63, 3.8) is 0 Å². The van der Waals surface area contributed by atoms with Crippen LogP contribution < -0.4 is 15.5 Å². The molecule has 0 radical (unpaired) electrons. The van der Waals surface area contributed by atoms with Crippen molar-refractivity contribution in [3.05, 3.63) is 86.2 Å². The molecule has 0 fully saturated rings. The van der Waals surface area contributed by atoms with Crippen molar-refractivity contribution in [2.45, 2.75) is 33.1 Å². The highest BCUT2D eigenvalue weighted by Crippen LogP contribution is 2.40. The summed E-state index contributed by atoms with van der Waals surface area (Å²) >= 11 is 4.65. The zero-order chi connectivity index (χ0) is 29.4. The number of amides is 2. The number of carbonyl (C=O) groups excluding carboxylic acids is 4. The van der Waals surface area contributed by atoms with Gasteiger partial charge >= 0.3 is 23.8 Å². The van der Waals surface area contributed by atoms with Crippen molar-refractivity contribution in [3.8, 4) is 5.75 Å². The van der Waals surface area contributed by atoms with Crippen LogP contribution in [0.15, 0.2) is 64.2 Å². The molecule has 0 saturated heterocycles. The highest BCUT2D eigenvalue weighted by Gasteiger charge is 2.30. The number of thiophene rings is 1. The first-order chi connectivity index (χ1) is 19.7. The van der Waals surface area contributed by atoms with Gasteiger partial charge in [0.05, 0.1) is 18.4 Å². The van der Waals surface area contributed by atoms with Gasteiger partial charge in [-0.15, -0.1) is 11.3 Å². The van der Waals surface area contributed by atoms with Gasteiger partial charge in [0.15, 0.2) is 0 Å². The van der Waals surface area contributed by atoms with E-state index >= 15 is 0 Å². The summed E-state index contributed by atoms with van der Waals surface area (Å²) < 4.78 is 11.3. The van der Waals surface area contributed by atoms with Crippen LogP contribution in [0, 0.1) is 5.92 Å². The third kappa shape index (κ3) is 7.99. The van der Waals surface area contributed by atoms with Gasteiger partial charge in [0.2, 0.25) is 0 Å². The Balaban J connectivity index is 1.42. The van der Waals surface area contributed by atoms with E-state index in [1.54, 1.807) is 31.2 Å². The maximum atomic E-state index is 12.7. The largest absolute Gasteiger partial charge is 0.462 e. The first kappa shape index (κ1) is 29.9. The molecule has 1 heterocycles. The third-order valence-electron chi connectivity index (χ3n) is 6.19. The van der Waals surface area contributed by atoms with Crippen LogP contribution in [0.25, 0.3) is 6.08 Å². The number of halogens is 1. The fourth-order valence-electron chi connectivity index (χ4n) is 4.21. The second kappa shape index (κ2) is 14.0. The average Bonchev–Trinajstić information content (AvgIpc) is 3.30. The Morgan fingerprint density at radius 2 is 1.90 bits per heavy atom. The summed E-state index contributed by atoms with van der Waals surface area (Å²) in [5.74, 6) is -2.47. The Bertz CT molecular complexity index is 1520. The first-order valence-corrected chi connectivity index (χ1v) is 14.6. The normalized spacial score (nSPS) is 14.5. The summed E-state index contributed by atoms with van der Waals surface area (Å²) in [5.41, 5.74) is 4.58. The molecule has 212 valence electrons. The highest BCUT2D eigenvalue weighted by molar-refractivity contribution is 9.10. The fourth-order valence-corrected chi connectivity index (χ4v) is 5.99. The minimum atomic E-state index is -1.03. The SMILES string of the molecule is CCOC(=O)c1c(NC(=O)C(=O)N/N=C\c2cc(Br)ccc2OC(=O)/C=C/c2ccccc2)sc2c1CC[C@@H](C)C2. The minimum Gasteiger partial charge on any atom is -0.462 e. The maximum absolute atomic E-state index is 12.7. The van der Waals surface area contributed by atoms with Gasteiger partial charge in [-0.05, 0) is 67.5 Å². The van der Waals surface area contributed by atoms with E-state index in [4.69, 9.17) is 9.47 Å². The molecule has 0 saturated carbocycles. The van der Waals surface area contributed by atoms with Crippen LogP contribution in [0.4, 0.5) is 5.00 Å². The number of nitrogens with one attached hydrogen (secondary N) is 2. The molecular formula is C30H28BrN3O6S. The van der Waals surface area contributed by atoms with Crippen molar-refractivity contribution in [1.82, 2.24) is 5.43 Å². The lowest BCUT2D eigenvalue weighted by Crippen LogP contribution is -2.32. The predicted octanol–water partition coefficient (Wildman–Crippen LogP) is 5.52. The summed E-state index contributed by atoms with van der Waals surface area (Å²) in [6, 6.07) is 14.2. The number of carbonyl (C=O) groups is 4. The van der Waals surface area contributed by atoms with E-state index in [-0.39, 0.29) is 17.4 Å². The van der Waals surface area contributed by atoms with Gasteiger partial charge in [-0.1, -0.05) is 53.2 Å². The van der Waals surface area contributed by atoms with Gasteiger partial charge in [-0.3, -0.25) is 9.59 Å².